The molecule has 0 spiro atoms. The highest BCUT2D eigenvalue weighted by atomic mass is 16.1. The van der Waals surface area contributed by atoms with E-state index in [-0.39, 0.29) is 5.78 Å². The minimum Gasteiger partial charge on any atom is -0.382 e. The highest BCUT2D eigenvalue weighted by Gasteiger charge is 2.27. The zero-order valence-corrected chi connectivity index (χ0v) is 7.92. The predicted molar refractivity (Wildman–Crippen MR) is 56.1 cm³/mol. The standard InChI is InChI=1S/C11H12N2O/c14-10-4-6-13-7-5-12-9-3-1-2-8(10)11(9)13/h1-3,12H,4-7H2. The predicted octanol–water partition coefficient (Wildman–Crippen LogP) is 1.50. The summed E-state index contributed by atoms with van der Waals surface area (Å²) in [5.74, 6) is 0.279. The molecular formula is C11H12N2O. The Morgan fingerprint density at radius 2 is 2.21 bits per heavy atom. The first kappa shape index (κ1) is 7.85. The summed E-state index contributed by atoms with van der Waals surface area (Å²) in [4.78, 5) is 14.0. The first-order valence-corrected chi connectivity index (χ1v) is 5.01. The number of carbonyl (C=O) groups excluding carboxylic acids is 1. The topological polar surface area (TPSA) is 32.3 Å². The van der Waals surface area contributed by atoms with Crippen molar-refractivity contribution in [2.45, 2.75) is 6.42 Å². The average Bonchev–Trinajstić information content (AvgIpc) is 2.24. The van der Waals surface area contributed by atoms with Gasteiger partial charge in [-0.2, -0.15) is 0 Å². The van der Waals surface area contributed by atoms with Gasteiger partial charge in [-0.25, -0.2) is 0 Å². The number of anilines is 2. The average molecular weight is 188 g/mol. The van der Waals surface area contributed by atoms with E-state index in [0.29, 0.717) is 6.42 Å². The Morgan fingerprint density at radius 1 is 1.29 bits per heavy atom. The van der Waals surface area contributed by atoms with Crippen molar-refractivity contribution < 1.29 is 4.79 Å². The lowest BCUT2D eigenvalue weighted by atomic mass is 9.98. The molecule has 3 rings (SSSR count). The van der Waals surface area contributed by atoms with Gasteiger partial charge in [-0.3, -0.25) is 4.79 Å². The van der Waals surface area contributed by atoms with Crippen LogP contribution in [-0.4, -0.2) is 25.4 Å². The first-order valence-electron chi connectivity index (χ1n) is 5.01. The highest BCUT2D eigenvalue weighted by Crippen LogP contribution is 2.36. The van der Waals surface area contributed by atoms with Gasteiger partial charge >= 0.3 is 0 Å². The number of hydrogen-bond acceptors (Lipinski definition) is 3. The van der Waals surface area contributed by atoms with E-state index in [1.54, 1.807) is 0 Å². The van der Waals surface area contributed by atoms with Crippen LogP contribution in [0.4, 0.5) is 11.4 Å². The molecule has 1 aromatic carbocycles. The molecule has 0 bridgehead atoms. The Kier molecular flexibility index (Phi) is 1.54. The second-order valence-corrected chi connectivity index (χ2v) is 3.79. The molecular weight excluding hydrogens is 176 g/mol. The lowest BCUT2D eigenvalue weighted by Gasteiger charge is -2.36. The van der Waals surface area contributed by atoms with Gasteiger partial charge in [-0.15, -0.1) is 0 Å². The smallest absolute Gasteiger partial charge is 0.166 e. The van der Waals surface area contributed by atoms with Crippen LogP contribution in [0.2, 0.25) is 0 Å². The Morgan fingerprint density at radius 3 is 3.14 bits per heavy atom. The Bertz CT molecular complexity index is 400. The van der Waals surface area contributed by atoms with Crippen molar-refractivity contribution in [1.82, 2.24) is 0 Å². The zero-order chi connectivity index (χ0) is 9.54. The van der Waals surface area contributed by atoms with E-state index in [4.69, 9.17) is 0 Å². The molecule has 2 aliphatic heterocycles. The number of hydrogen-bond donors (Lipinski definition) is 1. The van der Waals surface area contributed by atoms with Crippen molar-refractivity contribution in [2.75, 3.05) is 29.9 Å². The normalized spacial score (nSPS) is 18.9. The van der Waals surface area contributed by atoms with Gasteiger partial charge in [-0.1, -0.05) is 6.07 Å². The third-order valence-electron chi connectivity index (χ3n) is 2.96. The number of nitrogens with one attached hydrogen (secondary N) is 1. The summed E-state index contributed by atoms with van der Waals surface area (Å²) in [6, 6.07) is 5.93. The van der Waals surface area contributed by atoms with E-state index < -0.39 is 0 Å². The van der Waals surface area contributed by atoms with Gasteiger partial charge in [0.2, 0.25) is 0 Å². The monoisotopic (exact) mass is 188 g/mol. The second kappa shape index (κ2) is 2.74. The minimum absolute atomic E-state index is 0.279. The van der Waals surface area contributed by atoms with Crippen LogP contribution in [0.25, 0.3) is 0 Å². The molecule has 0 radical (unpaired) electrons. The van der Waals surface area contributed by atoms with Crippen molar-refractivity contribution in [3.8, 4) is 0 Å². The van der Waals surface area contributed by atoms with Crippen LogP contribution < -0.4 is 10.2 Å². The number of para-hydroxylation sites is 1. The summed E-state index contributed by atoms with van der Waals surface area (Å²) < 4.78 is 0. The van der Waals surface area contributed by atoms with Crippen LogP contribution in [0.15, 0.2) is 18.2 Å². The van der Waals surface area contributed by atoms with Gasteiger partial charge in [0, 0.05) is 31.6 Å². The summed E-state index contributed by atoms with van der Waals surface area (Å²) in [7, 11) is 0. The number of ketones is 1. The highest BCUT2D eigenvalue weighted by molar-refractivity contribution is 6.06. The molecule has 3 nitrogen and oxygen atoms in total. The third kappa shape index (κ3) is 0.953. The van der Waals surface area contributed by atoms with Gasteiger partial charge in [0.15, 0.2) is 5.78 Å². The van der Waals surface area contributed by atoms with Crippen molar-refractivity contribution in [3.63, 3.8) is 0 Å². The summed E-state index contributed by atoms with van der Waals surface area (Å²) >= 11 is 0. The van der Waals surface area contributed by atoms with E-state index in [1.807, 2.05) is 18.2 Å². The molecule has 2 heterocycles. The lowest BCUT2D eigenvalue weighted by Crippen LogP contribution is -2.39. The fraction of sp³-hybridized carbons (Fsp3) is 0.364. The molecule has 2 aliphatic rings. The molecule has 0 aliphatic carbocycles. The first-order chi connectivity index (χ1) is 6.86. The Labute approximate surface area is 82.7 Å². The molecule has 1 N–H and O–H groups in total. The largest absolute Gasteiger partial charge is 0.382 e. The van der Waals surface area contributed by atoms with E-state index in [9.17, 15) is 4.79 Å². The molecule has 0 aromatic heterocycles. The summed E-state index contributed by atoms with van der Waals surface area (Å²) in [6.45, 7) is 2.87. The third-order valence-corrected chi connectivity index (χ3v) is 2.96. The van der Waals surface area contributed by atoms with Gasteiger partial charge in [0.05, 0.1) is 11.4 Å². The van der Waals surface area contributed by atoms with Crippen LogP contribution in [0.3, 0.4) is 0 Å². The second-order valence-electron chi connectivity index (χ2n) is 3.79. The molecule has 3 heteroatoms. The van der Waals surface area contributed by atoms with Crippen molar-refractivity contribution in [1.29, 1.82) is 0 Å². The summed E-state index contributed by atoms with van der Waals surface area (Å²) in [5, 5.41) is 3.33. The maximum atomic E-state index is 11.7. The Balaban J connectivity index is 2.24. The summed E-state index contributed by atoms with van der Waals surface area (Å²) in [5.41, 5.74) is 3.12. The fourth-order valence-corrected chi connectivity index (χ4v) is 2.28. The lowest BCUT2D eigenvalue weighted by molar-refractivity contribution is 0.0980. The fourth-order valence-electron chi connectivity index (χ4n) is 2.28. The summed E-state index contributed by atoms with van der Waals surface area (Å²) in [6.07, 6.45) is 0.663. The molecule has 72 valence electrons. The Hall–Kier alpha value is -1.51. The van der Waals surface area contributed by atoms with E-state index in [2.05, 4.69) is 10.2 Å². The molecule has 0 saturated carbocycles. The molecule has 1 aromatic rings. The van der Waals surface area contributed by atoms with Crippen molar-refractivity contribution in [2.24, 2.45) is 0 Å². The molecule has 0 unspecified atom stereocenters. The number of nitrogens with zero attached hydrogens (tertiary/aromatic N) is 1. The van der Waals surface area contributed by atoms with E-state index >= 15 is 0 Å². The molecule has 0 fully saturated rings. The molecule has 0 amide bonds. The van der Waals surface area contributed by atoms with E-state index in [0.717, 1.165) is 36.6 Å². The number of benzene rings is 1. The van der Waals surface area contributed by atoms with Gasteiger partial charge in [0.1, 0.15) is 0 Å². The SMILES string of the molecule is O=C1CCN2CCNc3cccc1c32. The molecule has 0 atom stereocenters. The number of carbonyl (C=O) groups is 1. The number of Topliss-reactive ketones (excluding diaryl/α,β-unsaturated/α-hetero) is 1. The van der Waals surface area contributed by atoms with Crippen LogP contribution in [0, 0.1) is 0 Å². The van der Waals surface area contributed by atoms with Crippen LogP contribution in [-0.2, 0) is 0 Å². The quantitative estimate of drug-likeness (QED) is 0.669. The number of rotatable bonds is 0. The molecule has 14 heavy (non-hydrogen) atoms. The van der Waals surface area contributed by atoms with Crippen molar-refractivity contribution >= 4 is 17.2 Å². The van der Waals surface area contributed by atoms with Crippen LogP contribution >= 0.6 is 0 Å². The van der Waals surface area contributed by atoms with Gasteiger partial charge in [0.25, 0.3) is 0 Å². The van der Waals surface area contributed by atoms with Gasteiger partial charge < -0.3 is 10.2 Å². The molecule has 0 saturated heterocycles. The van der Waals surface area contributed by atoms with E-state index in [1.165, 1.54) is 0 Å². The maximum Gasteiger partial charge on any atom is 0.166 e. The minimum atomic E-state index is 0.279. The van der Waals surface area contributed by atoms with Gasteiger partial charge in [-0.05, 0) is 12.1 Å². The zero-order valence-electron chi connectivity index (χ0n) is 7.92. The van der Waals surface area contributed by atoms with Crippen LogP contribution in [0.5, 0.6) is 0 Å². The van der Waals surface area contributed by atoms with Crippen molar-refractivity contribution in [3.05, 3.63) is 23.8 Å². The van der Waals surface area contributed by atoms with Crippen LogP contribution in [0.1, 0.15) is 16.8 Å². The maximum absolute atomic E-state index is 11.7.